The van der Waals surface area contributed by atoms with Crippen molar-refractivity contribution in [3.63, 3.8) is 0 Å². The number of hydrogen-bond acceptors (Lipinski definition) is 2. The lowest BCUT2D eigenvalue weighted by Gasteiger charge is -2.09. The van der Waals surface area contributed by atoms with E-state index in [4.69, 9.17) is 0 Å². The largest absolute Gasteiger partial charge is 0.309 e. The van der Waals surface area contributed by atoms with Gasteiger partial charge in [0, 0.05) is 27.5 Å². The van der Waals surface area contributed by atoms with E-state index in [-0.39, 0.29) is 5.56 Å². The standard InChI is InChI=1S/C15H11IN2O/c16-14-10-18(9-11-4-2-1-3-5-11)15(19)12-6-7-17-8-13(12)14/h1-8,10H,9H2. The van der Waals surface area contributed by atoms with Crippen LogP contribution in [0.15, 0.2) is 59.8 Å². The third kappa shape index (κ3) is 2.40. The van der Waals surface area contributed by atoms with Gasteiger partial charge in [-0.2, -0.15) is 0 Å². The van der Waals surface area contributed by atoms with Crippen LogP contribution in [0, 0.1) is 3.57 Å². The van der Waals surface area contributed by atoms with Crippen LogP contribution in [0.3, 0.4) is 0 Å². The molecule has 0 spiro atoms. The van der Waals surface area contributed by atoms with Gasteiger partial charge in [-0.05, 0) is 34.2 Å². The monoisotopic (exact) mass is 362 g/mol. The Morgan fingerprint density at radius 3 is 2.68 bits per heavy atom. The van der Waals surface area contributed by atoms with E-state index in [1.54, 1.807) is 23.0 Å². The summed E-state index contributed by atoms with van der Waals surface area (Å²) in [7, 11) is 0. The molecule has 2 aromatic heterocycles. The van der Waals surface area contributed by atoms with Crippen LogP contribution in [-0.2, 0) is 6.54 Å². The molecule has 3 aromatic rings. The molecule has 0 amide bonds. The third-order valence-electron chi connectivity index (χ3n) is 3.03. The van der Waals surface area contributed by atoms with Gasteiger partial charge in [0.25, 0.3) is 5.56 Å². The number of rotatable bonds is 2. The number of halogens is 1. The molecule has 94 valence electrons. The summed E-state index contributed by atoms with van der Waals surface area (Å²) in [4.78, 5) is 16.5. The Morgan fingerprint density at radius 2 is 1.89 bits per heavy atom. The van der Waals surface area contributed by atoms with Crippen molar-refractivity contribution >= 4 is 33.4 Å². The summed E-state index contributed by atoms with van der Waals surface area (Å²) >= 11 is 2.24. The summed E-state index contributed by atoms with van der Waals surface area (Å²) in [5.41, 5.74) is 1.15. The third-order valence-corrected chi connectivity index (χ3v) is 3.89. The van der Waals surface area contributed by atoms with Gasteiger partial charge in [-0.15, -0.1) is 0 Å². The van der Waals surface area contributed by atoms with E-state index in [0.717, 1.165) is 19.9 Å². The van der Waals surface area contributed by atoms with Crippen LogP contribution in [0.25, 0.3) is 10.8 Å². The smallest absolute Gasteiger partial charge is 0.258 e. The molecule has 0 bridgehead atoms. The van der Waals surface area contributed by atoms with Crippen LogP contribution in [0.5, 0.6) is 0 Å². The molecular formula is C15H11IN2O. The quantitative estimate of drug-likeness (QED) is 0.657. The molecule has 0 fully saturated rings. The average Bonchev–Trinajstić information content (AvgIpc) is 2.46. The Morgan fingerprint density at radius 1 is 1.11 bits per heavy atom. The maximum Gasteiger partial charge on any atom is 0.258 e. The van der Waals surface area contributed by atoms with Crippen LogP contribution in [0.2, 0.25) is 0 Å². The fraction of sp³-hybridized carbons (Fsp3) is 0.0667. The van der Waals surface area contributed by atoms with Gasteiger partial charge in [0.15, 0.2) is 0 Å². The molecule has 0 N–H and O–H groups in total. The molecule has 0 atom stereocenters. The van der Waals surface area contributed by atoms with E-state index < -0.39 is 0 Å². The Labute approximate surface area is 124 Å². The molecule has 1 aromatic carbocycles. The van der Waals surface area contributed by atoms with Crippen molar-refractivity contribution in [3.8, 4) is 0 Å². The molecule has 0 unspecified atom stereocenters. The molecular weight excluding hydrogens is 351 g/mol. The second-order valence-corrected chi connectivity index (χ2v) is 5.48. The molecule has 3 nitrogen and oxygen atoms in total. The second-order valence-electron chi connectivity index (χ2n) is 4.32. The van der Waals surface area contributed by atoms with E-state index in [1.165, 1.54) is 0 Å². The van der Waals surface area contributed by atoms with Gasteiger partial charge in [-0.3, -0.25) is 9.78 Å². The van der Waals surface area contributed by atoms with Crippen LogP contribution < -0.4 is 5.56 Å². The van der Waals surface area contributed by atoms with E-state index >= 15 is 0 Å². The molecule has 19 heavy (non-hydrogen) atoms. The molecule has 4 heteroatoms. The number of aromatic nitrogens is 2. The Bertz CT molecular complexity index is 781. The van der Waals surface area contributed by atoms with E-state index in [0.29, 0.717) is 6.54 Å². The normalized spacial score (nSPS) is 10.8. The Hall–Kier alpha value is -1.69. The minimum atomic E-state index is 0.0293. The van der Waals surface area contributed by atoms with E-state index in [9.17, 15) is 4.79 Å². The topological polar surface area (TPSA) is 34.9 Å². The highest BCUT2D eigenvalue weighted by molar-refractivity contribution is 14.1. The molecule has 0 saturated carbocycles. The first-order chi connectivity index (χ1) is 9.25. The maximum atomic E-state index is 12.4. The van der Waals surface area contributed by atoms with Crippen molar-refractivity contribution in [1.29, 1.82) is 0 Å². The SMILES string of the molecule is O=c1c2ccncc2c(I)cn1Cc1ccccc1. The van der Waals surface area contributed by atoms with Crippen LogP contribution in [0.4, 0.5) is 0 Å². The molecule has 2 heterocycles. The van der Waals surface area contributed by atoms with Crippen LogP contribution in [-0.4, -0.2) is 9.55 Å². The lowest BCUT2D eigenvalue weighted by molar-refractivity contribution is 0.765. The van der Waals surface area contributed by atoms with Crippen molar-refractivity contribution in [3.05, 3.63) is 74.5 Å². The summed E-state index contributed by atoms with van der Waals surface area (Å²) in [5.74, 6) is 0. The molecule has 0 aliphatic heterocycles. The van der Waals surface area contributed by atoms with Gasteiger partial charge < -0.3 is 4.57 Å². The first-order valence-corrected chi connectivity index (χ1v) is 7.00. The fourth-order valence-corrected chi connectivity index (χ4v) is 2.85. The van der Waals surface area contributed by atoms with Crippen molar-refractivity contribution < 1.29 is 0 Å². The maximum absolute atomic E-state index is 12.4. The molecule has 3 rings (SSSR count). The summed E-state index contributed by atoms with van der Waals surface area (Å²) in [6.45, 7) is 0.591. The van der Waals surface area contributed by atoms with Crippen molar-refractivity contribution in [2.45, 2.75) is 6.54 Å². The Balaban J connectivity index is 2.15. The predicted octanol–water partition coefficient (Wildman–Crippen LogP) is 3.05. The zero-order valence-corrected chi connectivity index (χ0v) is 12.2. The second kappa shape index (κ2) is 5.13. The van der Waals surface area contributed by atoms with Gasteiger partial charge in [0.05, 0.1) is 11.9 Å². The van der Waals surface area contributed by atoms with Gasteiger partial charge >= 0.3 is 0 Å². The summed E-state index contributed by atoms with van der Waals surface area (Å²) in [6.07, 6.45) is 5.29. The Kier molecular flexibility index (Phi) is 3.33. The molecule has 0 aliphatic carbocycles. The molecule has 0 aliphatic rings. The number of fused-ring (bicyclic) bond motifs is 1. The number of nitrogens with zero attached hydrogens (tertiary/aromatic N) is 2. The fourth-order valence-electron chi connectivity index (χ4n) is 2.09. The zero-order valence-electron chi connectivity index (χ0n) is 10.1. The van der Waals surface area contributed by atoms with Crippen molar-refractivity contribution in [2.75, 3.05) is 0 Å². The summed E-state index contributed by atoms with van der Waals surface area (Å²) < 4.78 is 2.79. The van der Waals surface area contributed by atoms with Gasteiger partial charge in [-0.1, -0.05) is 30.3 Å². The number of hydrogen-bond donors (Lipinski definition) is 0. The minimum Gasteiger partial charge on any atom is -0.309 e. The van der Waals surface area contributed by atoms with Crippen molar-refractivity contribution in [1.82, 2.24) is 9.55 Å². The number of pyridine rings is 2. The first-order valence-electron chi connectivity index (χ1n) is 5.92. The molecule has 0 radical (unpaired) electrons. The highest BCUT2D eigenvalue weighted by atomic mass is 127. The van der Waals surface area contributed by atoms with Crippen LogP contribution >= 0.6 is 22.6 Å². The lowest BCUT2D eigenvalue weighted by Crippen LogP contribution is -2.21. The summed E-state index contributed by atoms with van der Waals surface area (Å²) in [6, 6.07) is 11.8. The van der Waals surface area contributed by atoms with Gasteiger partial charge in [0.1, 0.15) is 0 Å². The van der Waals surface area contributed by atoms with Gasteiger partial charge in [0.2, 0.25) is 0 Å². The first kappa shape index (κ1) is 12.3. The van der Waals surface area contributed by atoms with Gasteiger partial charge in [-0.25, -0.2) is 0 Å². The van der Waals surface area contributed by atoms with E-state index in [2.05, 4.69) is 27.6 Å². The predicted molar refractivity (Wildman–Crippen MR) is 84.3 cm³/mol. The summed E-state index contributed by atoms with van der Waals surface area (Å²) in [5, 5.41) is 1.63. The minimum absolute atomic E-state index is 0.0293. The van der Waals surface area contributed by atoms with E-state index in [1.807, 2.05) is 36.5 Å². The number of benzene rings is 1. The highest BCUT2D eigenvalue weighted by Gasteiger charge is 2.07. The van der Waals surface area contributed by atoms with Crippen LogP contribution in [0.1, 0.15) is 5.56 Å². The zero-order chi connectivity index (χ0) is 13.2. The molecule has 0 saturated heterocycles. The average molecular weight is 362 g/mol. The highest BCUT2D eigenvalue weighted by Crippen LogP contribution is 2.16. The lowest BCUT2D eigenvalue weighted by atomic mass is 10.2. The van der Waals surface area contributed by atoms with Crippen molar-refractivity contribution in [2.24, 2.45) is 0 Å².